The van der Waals surface area contributed by atoms with E-state index in [1.54, 1.807) is 0 Å². The van der Waals surface area contributed by atoms with E-state index in [2.05, 4.69) is 4.74 Å². The van der Waals surface area contributed by atoms with Gasteiger partial charge in [0.15, 0.2) is 6.61 Å². The average Bonchev–Trinajstić information content (AvgIpc) is 2.30. The maximum Gasteiger partial charge on any atom is 0.344 e. The summed E-state index contributed by atoms with van der Waals surface area (Å²) in [4.78, 5) is 9.33. The molecule has 1 saturated heterocycles. The van der Waals surface area contributed by atoms with E-state index in [1.165, 1.54) is 0 Å². The van der Waals surface area contributed by atoms with E-state index in [4.69, 9.17) is 0 Å². The second kappa shape index (κ2) is 2.69. The third kappa shape index (κ3) is 3.47. The van der Waals surface area contributed by atoms with Crippen molar-refractivity contribution in [2.24, 2.45) is 0 Å². The first-order chi connectivity index (χ1) is 2.89. The summed E-state index contributed by atoms with van der Waals surface area (Å²) < 4.78 is 4.07. The lowest BCUT2D eigenvalue weighted by Gasteiger charge is -1.32. The maximum absolute atomic E-state index is 9.33. The molecule has 0 aromatic heterocycles. The van der Waals surface area contributed by atoms with Crippen molar-refractivity contribution in [3.63, 3.8) is 0 Å². The van der Waals surface area contributed by atoms with Crippen LogP contribution >= 0.6 is 0 Å². The van der Waals surface area contributed by atoms with Gasteiger partial charge in [0.1, 0.15) is 0 Å². The molecule has 1 rings (SSSR count). The Balaban J connectivity index is 0.000000112. The summed E-state index contributed by atoms with van der Waals surface area (Å²) >= 11 is 0. The zero-order valence-electron chi connectivity index (χ0n) is 4.02. The van der Waals surface area contributed by atoms with E-state index in [0.717, 1.165) is 0 Å². The molecular formula is C4H8O2. The van der Waals surface area contributed by atoms with Crippen LogP contribution in [0.25, 0.3) is 0 Å². The molecule has 0 spiro atoms. The van der Waals surface area contributed by atoms with Gasteiger partial charge >= 0.3 is 5.97 Å². The first-order valence-corrected chi connectivity index (χ1v) is 2.05. The van der Waals surface area contributed by atoms with E-state index >= 15 is 0 Å². The van der Waals surface area contributed by atoms with Gasteiger partial charge in [-0.2, -0.15) is 0 Å². The standard InChI is InChI=1S/C2H2O2.C2H6/c3-2-1-4-2;1-2/h1H2;1-2H3. The fourth-order valence-corrected chi connectivity index (χ4v) is 0.0295. The number of carbonyl (C=O) groups excluding carboxylic acids is 1. The van der Waals surface area contributed by atoms with Gasteiger partial charge in [-0.25, -0.2) is 4.79 Å². The fourth-order valence-electron chi connectivity index (χ4n) is 0.0295. The van der Waals surface area contributed by atoms with E-state index in [-0.39, 0.29) is 5.97 Å². The normalized spacial score (nSPS) is 14.0. The van der Waals surface area contributed by atoms with Crippen LogP contribution in [-0.2, 0) is 9.53 Å². The van der Waals surface area contributed by atoms with Crippen LogP contribution in [-0.4, -0.2) is 12.6 Å². The zero-order valence-corrected chi connectivity index (χ0v) is 4.02. The first-order valence-electron chi connectivity index (χ1n) is 2.05. The van der Waals surface area contributed by atoms with Crippen LogP contribution in [0, 0.1) is 0 Å². The SMILES string of the molecule is CC.O=C1CO1. The number of epoxide rings is 1. The highest BCUT2D eigenvalue weighted by Crippen LogP contribution is 1.90. The molecule has 0 unspecified atom stereocenters. The molecule has 0 bridgehead atoms. The summed E-state index contributed by atoms with van der Waals surface area (Å²) in [6.45, 7) is 4.35. The lowest BCUT2D eigenvalue weighted by atomic mass is 11.0. The summed E-state index contributed by atoms with van der Waals surface area (Å²) in [6.07, 6.45) is 0. The van der Waals surface area contributed by atoms with Crippen LogP contribution in [0.3, 0.4) is 0 Å². The molecule has 0 aromatic carbocycles. The van der Waals surface area contributed by atoms with Gasteiger partial charge < -0.3 is 4.74 Å². The van der Waals surface area contributed by atoms with E-state index < -0.39 is 0 Å². The Morgan fingerprint density at radius 1 is 1.67 bits per heavy atom. The Morgan fingerprint density at radius 2 is 1.83 bits per heavy atom. The molecule has 1 aliphatic heterocycles. The van der Waals surface area contributed by atoms with Crippen molar-refractivity contribution in [1.82, 2.24) is 0 Å². The molecule has 1 fully saturated rings. The lowest BCUT2D eigenvalue weighted by Crippen LogP contribution is -1.50. The van der Waals surface area contributed by atoms with Crippen molar-refractivity contribution in [3.05, 3.63) is 0 Å². The molecule has 0 amide bonds. The molecule has 0 saturated carbocycles. The molecule has 1 heterocycles. The molecule has 0 N–H and O–H groups in total. The van der Waals surface area contributed by atoms with Gasteiger partial charge in [-0.3, -0.25) is 0 Å². The highest BCUT2D eigenvalue weighted by molar-refractivity contribution is 5.82. The van der Waals surface area contributed by atoms with Crippen molar-refractivity contribution in [2.45, 2.75) is 13.8 Å². The van der Waals surface area contributed by atoms with E-state index in [1.807, 2.05) is 13.8 Å². The summed E-state index contributed by atoms with van der Waals surface area (Å²) in [7, 11) is 0. The maximum atomic E-state index is 9.33. The molecule has 2 nitrogen and oxygen atoms in total. The van der Waals surface area contributed by atoms with Gasteiger partial charge in [0.25, 0.3) is 0 Å². The number of cyclic esters (lactones) is 1. The van der Waals surface area contributed by atoms with Gasteiger partial charge in [0, 0.05) is 0 Å². The van der Waals surface area contributed by atoms with Gasteiger partial charge in [-0.15, -0.1) is 0 Å². The third-order valence-electron chi connectivity index (χ3n) is 0.262. The minimum Gasteiger partial charge on any atom is -0.451 e. The second-order valence-corrected chi connectivity index (χ2v) is 0.661. The van der Waals surface area contributed by atoms with Crippen molar-refractivity contribution in [3.8, 4) is 0 Å². The molecule has 0 radical (unpaired) electrons. The molecule has 36 valence electrons. The van der Waals surface area contributed by atoms with Gasteiger partial charge in [-0.05, 0) is 0 Å². The Kier molecular flexibility index (Phi) is 2.46. The highest BCUT2D eigenvalue weighted by atomic mass is 16.6. The van der Waals surface area contributed by atoms with Gasteiger partial charge in [-0.1, -0.05) is 13.8 Å². The number of carbonyl (C=O) groups is 1. The molecular weight excluding hydrogens is 80.0 g/mol. The molecule has 6 heavy (non-hydrogen) atoms. The van der Waals surface area contributed by atoms with Crippen LogP contribution < -0.4 is 0 Å². The monoisotopic (exact) mass is 88.1 g/mol. The van der Waals surface area contributed by atoms with Crippen molar-refractivity contribution in [2.75, 3.05) is 6.61 Å². The molecule has 0 atom stereocenters. The van der Waals surface area contributed by atoms with E-state index in [0.29, 0.717) is 6.61 Å². The Bertz CT molecular complexity index is 43.5. The van der Waals surface area contributed by atoms with Crippen molar-refractivity contribution in [1.29, 1.82) is 0 Å². The Labute approximate surface area is 37.1 Å². The molecule has 0 aromatic rings. The molecule has 1 aliphatic rings. The van der Waals surface area contributed by atoms with Crippen LogP contribution in [0.5, 0.6) is 0 Å². The largest absolute Gasteiger partial charge is 0.451 e. The highest BCUT2D eigenvalue weighted by Gasteiger charge is 2.15. The van der Waals surface area contributed by atoms with Crippen molar-refractivity contribution < 1.29 is 9.53 Å². The zero-order chi connectivity index (χ0) is 4.99. The lowest BCUT2D eigenvalue weighted by molar-refractivity contribution is -0.117. The topological polar surface area (TPSA) is 29.6 Å². The first kappa shape index (κ1) is 5.47. The van der Waals surface area contributed by atoms with E-state index in [9.17, 15) is 4.79 Å². The number of rotatable bonds is 0. The number of hydrogen-bond donors (Lipinski definition) is 0. The molecule has 2 heteroatoms. The van der Waals surface area contributed by atoms with Gasteiger partial charge in [0.2, 0.25) is 0 Å². The second-order valence-electron chi connectivity index (χ2n) is 0.661. The Hall–Kier alpha value is -0.530. The van der Waals surface area contributed by atoms with Crippen molar-refractivity contribution >= 4 is 5.97 Å². The summed E-state index contributed by atoms with van der Waals surface area (Å²) in [6, 6.07) is 0. The van der Waals surface area contributed by atoms with Crippen LogP contribution in [0.1, 0.15) is 13.8 Å². The van der Waals surface area contributed by atoms with Gasteiger partial charge in [0.05, 0.1) is 0 Å². The summed E-state index contributed by atoms with van der Waals surface area (Å²) in [5, 5.41) is 0. The molecule has 0 aliphatic carbocycles. The average molecular weight is 88.1 g/mol. The Morgan fingerprint density at radius 3 is 1.83 bits per heavy atom. The van der Waals surface area contributed by atoms with Crippen LogP contribution in [0.2, 0.25) is 0 Å². The predicted octanol–water partition coefficient (Wildman–Crippen LogP) is 0.569. The summed E-state index contributed by atoms with van der Waals surface area (Å²) in [5.41, 5.74) is 0. The third-order valence-corrected chi connectivity index (χ3v) is 0.262. The summed E-state index contributed by atoms with van der Waals surface area (Å²) in [5.74, 6) is -0.0833. The minimum absolute atomic E-state index is 0.0833. The van der Waals surface area contributed by atoms with Crippen LogP contribution in [0.15, 0.2) is 0 Å². The number of ether oxygens (including phenoxy) is 1. The van der Waals surface area contributed by atoms with Crippen LogP contribution in [0.4, 0.5) is 0 Å². The smallest absolute Gasteiger partial charge is 0.344 e. The minimum atomic E-state index is -0.0833. The number of hydrogen-bond acceptors (Lipinski definition) is 2. The predicted molar refractivity (Wildman–Crippen MR) is 22.3 cm³/mol. The fraction of sp³-hybridized carbons (Fsp3) is 0.750. The quantitative estimate of drug-likeness (QED) is 0.405.